The predicted octanol–water partition coefficient (Wildman–Crippen LogP) is 1.14. The van der Waals surface area contributed by atoms with Gasteiger partial charge in [0.1, 0.15) is 23.7 Å². The topological polar surface area (TPSA) is 93.0 Å². The maximum absolute atomic E-state index is 13.7. The van der Waals surface area contributed by atoms with Crippen LogP contribution in [0.25, 0.3) is 5.65 Å². The monoisotopic (exact) mass is 270 g/mol. The molecule has 6 nitrogen and oxygen atoms in total. The Morgan fingerprint density at radius 2 is 2.15 bits per heavy atom. The molecule has 0 bridgehead atoms. The average molecular weight is 270 g/mol. The molecule has 3 aromatic rings. The number of benzene rings is 1. The van der Waals surface area contributed by atoms with E-state index >= 15 is 0 Å². The minimum absolute atomic E-state index is 0.169. The van der Waals surface area contributed by atoms with E-state index in [-0.39, 0.29) is 23.8 Å². The number of nitrogen functional groups attached to an aromatic ring is 1. The van der Waals surface area contributed by atoms with Gasteiger partial charge in [0.25, 0.3) is 0 Å². The minimum atomic E-state index is -0.305. The highest BCUT2D eigenvalue weighted by Gasteiger charge is 2.12. The lowest BCUT2D eigenvalue weighted by atomic mass is 10.1. The van der Waals surface area contributed by atoms with Crippen molar-refractivity contribution in [2.45, 2.75) is 6.42 Å². The van der Waals surface area contributed by atoms with Crippen molar-refractivity contribution >= 4 is 11.5 Å². The summed E-state index contributed by atoms with van der Waals surface area (Å²) in [5.74, 6) is -0.475. The van der Waals surface area contributed by atoms with Crippen LogP contribution in [0.4, 0.5) is 4.39 Å². The van der Waals surface area contributed by atoms with Crippen LogP contribution in [0.5, 0.6) is 0 Å². The quantitative estimate of drug-likeness (QED) is 0.551. The summed E-state index contributed by atoms with van der Waals surface area (Å²) >= 11 is 0. The Hall–Kier alpha value is -2.83. The molecule has 20 heavy (non-hydrogen) atoms. The normalized spacial score (nSPS) is 10.8. The second-order valence-corrected chi connectivity index (χ2v) is 4.28. The number of aromatic nitrogens is 4. The fraction of sp³-hybridized carbons (Fsp3) is 0.0769. The van der Waals surface area contributed by atoms with Crippen molar-refractivity contribution in [1.82, 2.24) is 19.6 Å². The van der Waals surface area contributed by atoms with Gasteiger partial charge in [0, 0.05) is 6.42 Å². The second-order valence-electron chi connectivity index (χ2n) is 4.28. The summed E-state index contributed by atoms with van der Waals surface area (Å²) in [5, 5.41) is 11.5. The first-order valence-corrected chi connectivity index (χ1v) is 5.92. The van der Waals surface area contributed by atoms with Gasteiger partial charge in [-0.05, 0) is 11.6 Å². The van der Waals surface area contributed by atoms with E-state index in [1.165, 1.54) is 23.1 Å². The van der Waals surface area contributed by atoms with E-state index < -0.39 is 0 Å². The van der Waals surface area contributed by atoms with Crippen LogP contribution in [0.3, 0.4) is 0 Å². The van der Waals surface area contributed by atoms with E-state index in [0.717, 1.165) is 0 Å². The van der Waals surface area contributed by atoms with Gasteiger partial charge in [-0.1, -0.05) is 18.2 Å². The van der Waals surface area contributed by atoms with Gasteiger partial charge >= 0.3 is 0 Å². The van der Waals surface area contributed by atoms with Gasteiger partial charge < -0.3 is 5.73 Å². The number of rotatable bonds is 3. The largest absolute Gasteiger partial charge is 0.382 e. The number of hydrogen-bond acceptors (Lipinski definition) is 4. The van der Waals surface area contributed by atoms with Gasteiger partial charge in [-0.3, -0.25) is 5.41 Å². The Kier molecular flexibility index (Phi) is 2.86. The Morgan fingerprint density at radius 3 is 2.90 bits per heavy atom. The first kappa shape index (κ1) is 12.2. The summed E-state index contributed by atoms with van der Waals surface area (Å²) in [5.41, 5.74) is 7.30. The Bertz CT molecular complexity index is 794. The number of halogens is 1. The second kappa shape index (κ2) is 4.69. The fourth-order valence-electron chi connectivity index (χ4n) is 1.96. The van der Waals surface area contributed by atoms with Crippen LogP contribution in [-0.2, 0) is 6.42 Å². The highest BCUT2D eigenvalue weighted by atomic mass is 19.1. The molecule has 0 saturated heterocycles. The number of hydrogen-bond donors (Lipinski definition) is 2. The van der Waals surface area contributed by atoms with E-state index in [9.17, 15) is 4.39 Å². The van der Waals surface area contributed by atoms with E-state index in [1.54, 1.807) is 18.2 Å². The Morgan fingerprint density at radius 1 is 1.35 bits per heavy atom. The molecule has 0 saturated carbocycles. The standard InChI is InChI=1S/C13H11FN6/c14-9-4-2-1-3-8(9)5-10-13-17-7-18-20(13)6-11(19-10)12(15)16/h1-4,6-7H,5H2,(H3,15,16). The zero-order chi connectivity index (χ0) is 14.1. The molecule has 3 N–H and O–H groups in total. The summed E-state index contributed by atoms with van der Waals surface area (Å²) in [6.07, 6.45) is 3.16. The van der Waals surface area contributed by atoms with Crippen molar-refractivity contribution in [2.24, 2.45) is 5.73 Å². The smallest absolute Gasteiger partial charge is 0.177 e. The molecule has 0 unspecified atom stereocenters. The molecule has 0 amide bonds. The van der Waals surface area contributed by atoms with Crippen molar-refractivity contribution in [3.8, 4) is 0 Å². The molecule has 7 heteroatoms. The zero-order valence-electron chi connectivity index (χ0n) is 10.4. The first-order chi connectivity index (χ1) is 9.65. The van der Waals surface area contributed by atoms with Gasteiger partial charge in [0.2, 0.25) is 0 Å². The summed E-state index contributed by atoms with van der Waals surface area (Å²) in [7, 11) is 0. The highest BCUT2D eigenvalue weighted by molar-refractivity contribution is 5.93. The van der Waals surface area contributed by atoms with Crippen LogP contribution < -0.4 is 5.73 Å². The number of nitrogens with zero attached hydrogens (tertiary/aromatic N) is 4. The summed E-state index contributed by atoms with van der Waals surface area (Å²) in [6.45, 7) is 0. The lowest BCUT2D eigenvalue weighted by molar-refractivity contribution is 0.613. The van der Waals surface area contributed by atoms with Gasteiger partial charge in [-0.15, -0.1) is 0 Å². The lowest BCUT2D eigenvalue weighted by Crippen LogP contribution is -2.16. The molecule has 0 aliphatic rings. The molecule has 2 heterocycles. The van der Waals surface area contributed by atoms with Crippen LogP contribution in [0.2, 0.25) is 0 Å². The third-order valence-electron chi connectivity index (χ3n) is 2.92. The number of amidine groups is 1. The Labute approximate surface area is 113 Å². The SMILES string of the molecule is N=C(N)c1cn2ncnc2c(Cc2ccccc2F)n1. The van der Waals surface area contributed by atoms with Gasteiger partial charge in [-0.25, -0.2) is 18.9 Å². The molecule has 2 aromatic heterocycles. The maximum Gasteiger partial charge on any atom is 0.177 e. The molecular weight excluding hydrogens is 259 g/mol. The molecule has 0 atom stereocenters. The fourth-order valence-corrected chi connectivity index (χ4v) is 1.96. The minimum Gasteiger partial charge on any atom is -0.382 e. The molecule has 1 aromatic carbocycles. The molecular formula is C13H11FN6. The number of fused-ring (bicyclic) bond motifs is 1. The van der Waals surface area contributed by atoms with Gasteiger partial charge in [0.15, 0.2) is 5.65 Å². The number of nitrogens with two attached hydrogens (primary N) is 1. The van der Waals surface area contributed by atoms with Crippen molar-refractivity contribution in [3.63, 3.8) is 0 Å². The van der Waals surface area contributed by atoms with Crippen molar-refractivity contribution in [1.29, 1.82) is 5.41 Å². The van der Waals surface area contributed by atoms with E-state index in [1.807, 2.05) is 0 Å². The molecule has 0 fully saturated rings. The first-order valence-electron chi connectivity index (χ1n) is 5.92. The lowest BCUT2D eigenvalue weighted by Gasteiger charge is -2.06. The van der Waals surface area contributed by atoms with Crippen LogP contribution in [0.1, 0.15) is 17.0 Å². The molecule has 0 aliphatic heterocycles. The Balaban J connectivity index is 2.12. The predicted molar refractivity (Wildman–Crippen MR) is 71.0 cm³/mol. The number of nitrogens with one attached hydrogen (secondary N) is 1. The van der Waals surface area contributed by atoms with Gasteiger partial charge in [-0.2, -0.15) is 5.10 Å². The van der Waals surface area contributed by atoms with Crippen LogP contribution in [-0.4, -0.2) is 25.4 Å². The highest BCUT2D eigenvalue weighted by Crippen LogP contribution is 2.15. The third kappa shape index (κ3) is 2.09. The van der Waals surface area contributed by atoms with Crippen LogP contribution in [0, 0.1) is 11.2 Å². The van der Waals surface area contributed by atoms with Crippen LogP contribution in [0.15, 0.2) is 36.8 Å². The maximum atomic E-state index is 13.7. The summed E-state index contributed by atoms with van der Waals surface area (Å²) in [6, 6.07) is 6.47. The average Bonchev–Trinajstić information content (AvgIpc) is 2.89. The summed E-state index contributed by atoms with van der Waals surface area (Å²) < 4.78 is 15.2. The molecule has 3 rings (SSSR count). The van der Waals surface area contributed by atoms with Gasteiger partial charge in [0.05, 0.1) is 11.9 Å². The van der Waals surface area contributed by atoms with E-state index in [2.05, 4.69) is 15.1 Å². The van der Waals surface area contributed by atoms with Crippen molar-refractivity contribution in [2.75, 3.05) is 0 Å². The molecule has 0 radical (unpaired) electrons. The van der Waals surface area contributed by atoms with E-state index in [0.29, 0.717) is 16.9 Å². The van der Waals surface area contributed by atoms with Crippen molar-refractivity contribution < 1.29 is 4.39 Å². The molecule has 0 aliphatic carbocycles. The van der Waals surface area contributed by atoms with Crippen molar-refractivity contribution in [3.05, 3.63) is 59.6 Å². The summed E-state index contributed by atoms with van der Waals surface area (Å²) in [4.78, 5) is 8.37. The van der Waals surface area contributed by atoms with Crippen LogP contribution >= 0.6 is 0 Å². The third-order valence-corrected chi connectivity index (χ3v) is 2.92. The van der Waals surface area contributed by atoms with E-state index in [4.69, 9.17) is 11.1 Å². The zero-order valence-corrected chi connectivity index (χ0v) is 10.4. The molecule has 0 spiro atoms. The molecule has 100 valence electrons.